The summed E-state index contributed by atoms with van der Waals surface area (Å²) in [6, 6.07) is 12.2. The van der Waals surface area contributed by atoms with Crippen LogP contribution < -0.4 is 9.46 Å². The lowest BCUT2D eigenvalue weighted by atomic mass is 10.2. The number of nitrogens with one attached hydrogen (secondary N) is 1. The molecule has 0 unspecified atom stereocenters. The van der Waals surface area contributed by atoms with Crippen LogP contribution in [0.15, 0.2) is 53.4 Å². The second-order valence-corrected chi connectivity index (χ2v) is 7.00. The Hall–Kier alpha value is -2.54. The molecule has 2 aromatic rings. The monoisotopic (exact) mass is 349 g/mol. The van der Waals surface area contributed by atoms with Gasteiger partial charge in [0, 0.05) is 5.69 Å². The maximum atomic E-state index is 12.5. The lowest BCUT2D eigenvalue weighted by Gasteiger charge is -2.11. The van der Waals surface area contributed by atoms with Crippen LogP contribution >= 0.6 is 0 Å². The van der Waals surface area contributed by atoms with Gasteiger partial charge in [0.25, 0.3) is 10.0 Å². The zero-order chi connectivity index (χ0) is 17.7. The first-order chi connectivity index (χ1) is 11.3. The fourth-order valence-corrected chi connectivity index (χ4v) is 3.05. The number of anilines is 1. The second-order valence-electron chi connectivity index (χ2n) is 5.32. The second kappa shape index (κ2) is 7.35. The molecule has 0 aliphatic heterocycles. The molecule has 0 aliphatic carbocycles. The van der Waals surface area contributed by atoms with E-state index in [2.05, 4.69) is 4.72 Å². The van der Waals surface area contributed by atoms with Crippen molar-refractivity contribution in [3.8, 4) is 5.75 Å². The molecule has 0 aliphatic rings. The van der Waals surface area contributed by atoms with Crippen molar-refractivity contribution in [2.24, 2.45) is 0 Å². The number of methoxy groups -OCH3 is 1. The SMILES string of the molecule is COc1ccc(NS(=O)(=O)c2cccc(C(=O)OC(C)C)c2)cc1. The summed E-state index contributed by atoms with van der Waals surface area (Å²) in [7, 11) is -2.29. The average Bonchev–Trinajstić information content (AvgIpc) is 2.55. The van der Waals surface area contributed by atoms with Crippen molar-refractivity contribution >= 4 is 21.7 Å². The molecule has 2 rings (SSSR count). The molecule has 0 fully saturated rings. The summed E-state index contributed by atoms with van der Waals surface area (Å²) in [4.78, 5) is 11.9. The van der Waals surface area contributed by atoms with E-state index in [0.717, 1.165) is 0 Å². The molecule has 0 spiro atoms. The van der Waals surface area contributed by atoms with Crippen LogP contribution in [0.3, 0.4) is 0 Å². The van der Waals surface area contributed by atoms with E-state index in [4.69, 9.17) is 9.47 Å². The summed E-state index contributed by atoms with van der Waals surface area (Å²) in [5.41, 5.74) is 0.576. The van der Waals surface area contributed by atoms with Crippen LogP contribution in [0.25, 0.3) is 0 Å². The van der Waals surface area contributed by atoms with E-state index < -0.39 is 16.0 Å². The smallest absolute Gasteiger partial charge is 0.338 e. The summed E-state index contributed by atoms with van der Waals surface area (Å²) in [6.07, 6.45) is -0.282. The van der Waals surface area contributed by atoms with Crippen LogP contribution in [0.2, 0.25) is 0 Å². The predicted molar refractivity (Wildman–Crippen MR) is 90.8 cm³/mol. The summed E-state index contributed by atoms with van der Waals surface area (Å²) in [5, 5.41) is 0. The fourth-order valence-electron chi connectivity index (χ4n) is 1.95. The molecule has 6 nitrogen and oxygen atoms in total. The van der Waals surface area contributed by atoms with Gasteiger partial charge < -0.3 is 9.47 Å². The van der Waals surface area contributed by atoms with Crippen molar-refractivity contribution in [3.05, 3.63) is 54.1 Å². The number of sulfonamides is 1. The van der Waals surface area contributed by atoms with Gasteiger partial charge in [-0.25, -0.2) is 13.2 Å². The zero-order valence-electron chi connectivity index (χ0n) is 13.6. The van der Waals surface area contributed by atoms with E-state index >= 15 is 0 Å². The highest BCUT2D eigenvalue weighted by atomic mass is 32.2. The Kier molecular flexibility index (Phi) is 5.46. The molecule has 0 saturated carbocycles. The van der Waals surface area contributed by atoms with Gasteiger partial charge in [-0.1, -0.05) is 6.07 Å². The zero-order valence-corrected chi connectivity index (χ0v) is 14.5. The number of carbonyl (C=O) groups is 1. The van der Waals surface area contributed by atoms with Crippen LogP contribution in [0.1, 0.15) is 24.2 Å². The van der Waals surface area contributed by atoms with Gasteiger partial charge in [-0.2, -0.15) is 0 Å². The number of esters is 1. The summed E-state index contributed by atoms with van der Waals surface area (Å²) >= 11 is 0. The van der Waals surface area contributed by atoms with Crippen molar-refractivity contribution in [2.75, 3.05) is 11.8 Å². The number of rotatable bonds is 6. The molecule has 0 bridgehead atoms. The van der Waals surface area contributed by atoms with Gasteiger partial charge in [0.1, 0.15) is 5.75 Å². The third kappa shape index (κ3) is 4.48. The van der Waals surface area contributed by atoms with Crippen molar-refractivity contribution in [3.63, 3.8) is 0 Å². The van der Waals surface area contributed by atoms with E-state index in [1.807, 2.05) is 0 Å². The number of carbonyl (C=O) groups excluding carboxylic acids is 1. The highest BCUT2D eigenvalue weighted by Gasteiger charge is 2.17. The maximum Gasteiger partial charge on any atom is 0.338 e. The topological polar surface area (TPSA) is 81.7 Å². The summed E-state index contributed by atoms with van der Waals surface area (Å²) < 4.78 is 37.5. The highest BCUT2D eigenvalue weighted by Crippen LogP contribution is 2.20. The lowest BCUT2D eigenvalue weighted by Crippen LogP contribution is -2.15. The predicted octanol–water partition coefficient (Wildman–Crippen LogP) is 3.06. The minimum absolute atomic E-state index is 0.0171. The Balaban J connectivity index is 2.23. The molecule has 0 aromatic heterocycles. The van der Waals surface area contributed by atoms with Gasteiger partial charge in [-0.3, -0.25) is 4.72 Å². The quantitative estimate of drug-likeness (QED) is 0.811. The molecular weight excluding hydrogens is 330 g/mol. The Morgan fingerprint density at radius 2 is 1.75 bits per heavy atom. The van der Waals surface area contributed by atoms with Crippen LogP contribution in [0, 0.1) is 0 Å². The first kappa shape index (κ1) is 17.8. The molecule has 0 atom stereocenters. The first-order valence-electron chi connectivity index (χ1n) is 7.30. The molecule has 24 heavy (non-hydrogen) atoms. The Labute approximate surface area is 141 Å². The van der Waals surface area contributed by atoms with E-state index in [9.17, 15) is 13.2 Å². The van der Waals surface area contributed by atoms with E-state index in [1.165, 1.54) is 31.4 Å². The molecular formula is C17H19NO5S. The van der Waals surface area contributed by atoms with Gasteiger partial charge >= 0.3 is 5.97 Å². The fraction of sp³-hybridized carbons (Fsp3) is 0.235. The highest BCUT2D eigenvalue weighted by molar-refractivity contribution is 7.92. The average molecular weight is 349 g/mol. The number of benzene rings is 2. The van der Waals surface area contributed by atoms with Crippen molar-refractivity contribution in [1.29, 1.82) is 0 Å². The summed E-state index contributed by atoms with van der Waals surface area (Å²) in [5.74, 6) is 0.0582. The molecule has 2 aromatic carbocycles. The Morgan fingerprint density at radius 3 is 2.33 bits per heavy atom. The molecule has 7 heteroatoms. The first-order valence-corrected chi connectivity index (χ1v) is 8.78. The van der Waals surface area contributed by atoms with Crippen LogP contribution in [-0.4, -0.2) is 27.6 Å². The van der Waals surface area contributed by atoms with Gasteiger partial charge in [0.2, 0.25) is 0 Å². The van der Waals surface area contributed by atoms with E-state index in [1.54, 1.807) is 38.1 Å². The Bertz CT molecular complexity index is 813. The van der Waals surface area contributed by atoms with Crippen molar-refractivity contribution < 1.29 is 22.7 Å². The van der Waals surface area contributed by atoms with Gasteiger partial charge in [0.05, 0.1) is 23.7 Å². The lowest BCUT2D eigenvalue weighted by molar-refractivity contribution is 0.0377. The van der Waals surface area contributed by atoms with Gasteiger partial charge in [-0.05, 0) is 56.3 Å². The standard InChI is InChI=1S/C17H19NO5S/c1-12(2)23-17(19)13-5-4-6-16(11-13)24(20,21)18-14-7-9-15(22-3)10-8-14/h4-12,18H,1-3H3. The van der Waals surface area contributed by atoms with Crippen molar-refractivity contribution in [1.82, 2.24) is 0 Å². The molecule has 128 valence electrons. The van der Waals surface area contributed by atoms with Gasteiger partial charge in [0.15, 0.2) is 0 Å². The maximum absolute atomic E-state index is 12.5. The minimum Gasteiger partial charge on any atom is -0.497 e. The molecule has 0 radical (unpaired) electrons. The molecule has 0 heterocycles. The van der Waals surface area contributed by atoms with Gasteiger partial charge in [-0.15, -0.1) is 0 Å². The van der Waals surface area contributed by atoms with Crippen molar-refractivity contribution in [2.45, 2.75) is 24.8 Å². The normalized spacial score (nSPS) is 11.2. The third-order valence-corrected chi connectivity index (χ3v) is 4.44. The molecule has 0 amide bonds. The van der Waals surface area contributed by atoms with E-state index in [0.29, 0.717) is 11.4 Å². The third-order valence-electron chi connectivity index (χ3n) is 3.07. The molecule has 0 saturated heterocycles. The van der Waals surface area contributed by atoms with E-state index in [-0.39, 0.29) is 16.6 Å². The number of hydrogen-bond acceptors (Lipinski definition) is 5. The Morgan fingerprint density at radius 1 is 1.08 bits per heavy atom. The van der Waals surface area contributed by atoms with Crippen LogP contribution in [0.4, 0.5) is 5.69 Å². The largest absolute Gasteiger partial charge is 0.497 e. The number of hydrogen-bond donors (Lipinski definition) is 1. The molecule has 1 N–H and O–H groups in total. The number of ether oxygens (including phenoxy) is 2. The minimum atomic E-state index is -3.82. The van der Waals surface area contributed by atoms with Crippen LogP contribution in [-0.2, 0) is 14.8 Å². The summed E-state index contributed by atoms with van der Waals surface area (Å²) in [6.45, 7) is 3.45. The van der Waals surface area contributed by atoms with Crippen LogP contribution in [0.5, 0.6) is 5.75 Å².